The fourth-order valence-electron chi connectivity index (χ4n) is 5.19. The molecule has 0 saturated heterocycles. The highest BCUT2D eigenvalue weighted by Gasteiger charge is 2.28. The maximum atomic E-state index is 14.8. The Kier molecular flexibility index (Phi) is 8.14. The van der Waals surface area contributed by atoms with Crippen LogP contribution in [0.2, 0.25) is 0 Å². The molecule has 0 aliphatic carbocycles. The minimum absolute atomic E-state index is 0.0106. The third kappa shape index (κ3) is 5.19. The largest absolute Gasteiger partial charge is 0.508 e. The van der Waals surface area contributed by atoms with Gasteiger partial charge >= 0.3 is 0 Å². The molecule has 0 saturated carbocycles. The van der Waals surface area contributed by atoms with E-state index >= 15 is 0 Å². The Morgan fingerprint density at radius 3 is 2.53 bits per heavy atom. The van der Waals surface area contributed by atoms with Crippen molar-refractivity contribution in [3.05, 3.63) is 57.9 Å². The lowest BCUT2D eigenvalue weighted by Crippen LogP contribution is -2.28. The lowest BCUT2D eigenvalue weighted by atomic mass is 9.96. The van der Waals surface area contributed by atoms with Crippen LogP contribution in [-0.4, -0.2) is 58.8 Å². The zero-order chi connectivity index (χ0) is 25.8. The van der Waals surface area contributed by atoms with Crippen LogP contribution in [0.4, 0.5) is 15.8 Å². The van der Waals surface area contributed by atoms with Gasteiger partial charge in [0.25, 0.3) is 5.56 Å². The average molecular weight is 496 g/mol. The number of fused-ring (bicyclic) bond motifs is 2. The molecule has 2 heterocycles. The Morgan fingerprint density at radius 1 is 1.11 bits per heavy atom. The van der Waals surface area contributed by atoms with E-state index in [0.717, 1.165) is 50.4 Å². The van der Waals surface area contributed by atoms with Gasteiger partial charge in [-0.15, -0.1) is 0 Å². The third-order valence-electron chi connectivity index (χ3n) is 7.44. The number of rotatable bonds is 11. The molecule has 2 N–H and O–H groups in total. The molecule has 1 aliphatic rings. The van der Waals surface area contributed by atoms with Crippen LogP contribution >= 0.6 is 0 Å². The lowest BCUT2D eigenvalue weighted by molar-refractivity contribution is 0.316. The summed E-state index contributed by atoms with van der Waals surface area (Å²) < 4.78 is 16.5. The van der Waals surface area contributed by atoms with Gasteiger partial charge < -0.3 is 20.2 Å². The van der Waals surface area contributed by atoms with E-state index < -0.39 is 5.82 Å². The van der Waals surface area contributed by atoms with Crippen LogP contribution in [0, 0.1) is 5.82 Å². The first-order chi connectivity index (χ1) is 17.4. The van der Waals surface area contributed by atoms with Crippen LogP contribution in [0.5, 0.6) is 5.75 Å². The molecular weight excluding hydrogens is 457 g/mol. The molecule has 1 aliphatic heterocycles. The van der Waals surface area contributed by atoms with Crippen molar-refractivity contribution < 1.29 is 9.50 Å². The van der Waals surface area contributed by atoms with Crippen LogP contribution in [0.25, 0.3) is 10.9 Å². The Bertz CT molecular complexity index is 1270. The van der Waals surface area contributed by atoms with Gasteiger partial charge in [0.1, 0.15) is 17.4 Å². The van der Waals surface area contributed by atoms with Crippen molar-refractivity contribution in [1.82, 2.24) is 14.5 Å². The Labute approximate surface area is 212 Å². The summed E-state index contributed by atoms with van der Waals surface area (Å²) in [4.78, 5) is 22.5. The number of aromatic hydroxyl groups is 1. The molecule has 0 bridgehead atoms. The van der Waals surface area contributed by atoms with E-state index in [1.807, 2.05) is 18.2 Å². The molecular formula is C28H38FN5O2. The zero-order valence-electron chi connectivity index (χ0n) is 21.9. The van der Waals surface area contributed by atoms with Gasteiger partial charge in [0.2, 0.25) is 0 Å². The number of phenols is 1. The van der Waals surface area contributed by atoms with Crippen LogP contribution in [0.3, 0.4) is 0 Å². The number of aromatic nitrogens is 2. The third-order valence-corrected chi connectivity index (χ3v) is 7.44. The maximum absolute atomic E-state index is 14.8. The van der Waals surface area contributed by atoms with Crippen LogP contribution < -0.4 is 15.8 Å². The maximum Gasteiger partial charge on any atom is 0.261 e. The molecule has 8 heteroatoms. The summed E-state index contributed by atoms with van der Waals surface area (Å²) in [5.41, 5.74) is 2.51. The van der Waals surface area contributed by atoms with Crippen molar-refractivity contribution in [3.8, 4) is 5.75 Å². The normalized spacial score (nSPS) is 15.0. The quantitative estimate of drug-likeness (QED) is 0.406. The first-order valence-electron chi connectivity index (χ1n) is 13.2. The highest BCUT2D eigenvalue weighted by atomic mass is 19.1. The minimum atomic E-state index is -0.436. The van der Waals surface area contributed by atoms with E-state index in [1.54, 1.807) is 10.6 Å². The minimum Gasteiger partial charge on any atom is -0.508 e. The number of halogens is 1. The smallest absolute Gasteiger partial charge is 0.261 e. The Balaban J connectivity index is 1.59. The van der Waals surface area contributed by atoms with Gasteiger partial charge in [-0.25, -0.2) is 9.37 Å². The van der Waals surface area contributed by atoms with E-state index in [1.165, 1.54) is 6.07 Å². The van der Waals surface area contributed by atoms with Gasteiger partial charge in [-0.3, -0.25) is 9.36 Å². The molecule has 7 nitrogen and oxygen atoms in total. The summed E-state index contributed by atoms with van der Waals surface area (Å²) >= 11 is 0. The van der Waals surface area contributed by atoms with Crippen LogP contribution in [0.1, 0.15) is 51.4 Å². The monoisotopic (exact) mass is 495 g/mol. The van der Waals surface area contributed by atoms with E-state index in [2.05, 4.69) is 42.8 Å². The van der Waals surface area contributed by atoms with Crippen molar-refractivity contribution in [1.29, 1.82) is 0 Å². The Morgan fingerprint density at radius 2 is 1.86 bits per heavy atom. The SMILES string of the molecule is CCN(CC)CCNc1cc2nc3n(c(=O)c2cc1F)CCC3Cc1ccc(N(CC)CC)cc1O. The van der Waals surface area contributed by atoms with Gasteiger partial charge in [0, 0.05) is 50.4 Å². The highest BCUT2D eigenvalue weighted by Crippen LogP contribution is 2.34. The van der Waals surface area contributed by atoms with E-state index in [9.17, 15) is 14.3 Å². The molecule has 0 amide bonds. The van der Waals surface area contributed by atoms with Gasteiger partial charge in [-0.05, 0) is 63.5 Å². The molecule has 0 radical (unpaired) electrons. The van der Waals surface area contributed by atoms with Crippen molar-refractivity contribution >= 4 is 22.3 Å². The molecule has 36 heavy (non-hydrogen) atoms. The molecule has 3 aromatic rings. The van der Waals surface area contributed by atoms with Crippen molar-refractivity contribution in [2.24, 2.45) is 0 Å². The summed E-state index contributed by atoms with van der Waals surface area (Å²) in [5.74, 6) is 0.550. The van der Waals surface area contributed by atoms with Crippen LogP contribution in [-0.2, 0) is 13.0 Å². The molecule has 194 valence electrons. The summed E-state index contributed by atoms with van der Waals surface area (Å²) in [5, 5.41) is 14.2. The fraction of sp³-hybridized carbons (Fsp3) is 0.500. The summed E-state index contributed by atoms with van der Waals surface area (Å²) in [6.45, 7) is 14.0. The average Bonchev–Trinajstić information content (AvgIpc) is 3.27. The second-order valence-electron chi connectivity index (χ2n) is 9.40. The molecule has 0 spiro atoms. The second kappa shape index (κ2) is 11.3. The van der Waals surface area contributed by atoms with Gasteiger partial charge in [0.15, 0.2) is 0 Å². The van der Waals surface area contributed by atoms with E-state index in [4.69, 9.17) is 4.98 Å². The molecule has 1 atom stereocenters. The van der Waals surface area contributed by atoms with Gasteiger partial charge in [0.05, 0.1) is 16.6 Å². The standard InChI is InChI=1S/C28H38FN5O2/c1-5-32(6-2)14-12-30-25-18-24-22(17-23(25)29)28(36)34-13-11-20(27(34)31-24)15-19-9-10-21(16-26(19)35)33(7-3)8-4/h9-10,16-18,20,30,35H,5-8,11-15H2,1-4H3. The van der Waals surface area contributed by atoms with Crippen molar-refractivity contribution in [2.75, 3.05) is 49.5 Å². The number of likely N-dealkylation sites (N-methyl/N-ethyl adjacent to an activating group) is 1. The number of hydrogen-bond donors (Lipinski definition) is 2. The number of benzene rings is 2. The molecule has 2 aromatic carbocycles. The zero-order valence-corrected chi connectivity index (χ0v) is 21.9. The number of hydrogen-bond acceptors (Lipinski definition) is 6. The topological polar surface area (TPSA) is 73.6 Å². The molecule has 1 unspecified atom stereocenters. The molecule has 4 rings (SSSR count). The summed E-state index contributed by atoms with van der Waals surface area (Å²) in [7, 11) is 0. The first-order valence-corrected chi connectivity index (χ1v) is 13.2. The number of nitrogens with zero attached hydrogens (tertiary/aromatic N) is 4. The van der Waals surface area contributed by atoms with Crippen LogP contribution in [0.15, 0.2) is 35.1 Å². The predicted molar refractivity (Wildman–Crippen MR) is 145 cm³/mol. The number of nitrogens with one attached hydrogen (secondary N) is 1. The predicted octanol–water partition coefficient (Wildman–Crippen LogP) is 4.57. The van der Waals surface area contributed by atoms with Crippen molar-refractivity contribution in [3.63, 3.8) is 0 Å². The summed E-state index contributed by atoms with van der Waals surface area (Å²) in [6.07, 6.45) is 1.35. The fourth-order valence-corrected chi connectivity index (χ4v) is 5.19. The van der Waals surface area contributed by atoms with Gasteiger partial charge in [-0.1, -0.05) is 19.9 Å². The lowest BCUT2D eigenvalue weighted by Gasteiger charge is -2.22. The first kappa shape index (κ1) is 25.9. The molecule has 0 fully saturated rings. The second-order valence-corrected chi connectivity index (χ2v) is 9.40. The Hall–Kier alpha value is -3.13. The van der Waals surface area contributed by atoms with E-state index in [0.29, 0.717) is 41.9 Å². The van der Waals surface area contributed by atoms with E-state index in [-0.39, 0.29) is 17.2 Å². The number of phenolic OH excluding ortho intramolecular Hbond substituents is 1. The highest BCUT2D eigenvalue weighted by molar-refractivity contribution is 5.82. The number of anilines is 2. The van der Waals surface area contributed by atoms with Crippen molar-refractivity contribution in [2.45, 2.75) is 53.0 Å². The van der Waals surface area contributed by atoms with Gasteiger partial charge in [-0.2, -0.15) is 0 Å². The summed E-state index contributed by atoms with van der Waals surface area (Å²) in [6, 6.07) is 8.79. The molecule has 1 aromatic heterocycles.